The molecule has 2 nitrogen and oxygen atoms in total. The van der Waals surface area contributed by atoms with E-state index in [1.165, 1.54) is 4.88 Å². The number of carbonyl (C=O) groups excluding carboxylic acids is 1. The van der Waals surface area contributed by atoms with Crippen LogP contribution in [0.5, 0.6) is 0 Å². The SMILES string of the molecule is C=C(C)C(=O)Cc1nc(C)c(C)s1. The maximum atomic E-state index is 11.3. The highest BCUT2D eigenvalue weighted by Crippen LogP contribution is 2.17. The summed E-state index contributed by atoms with van der Waals surface area (Å²) in [4.78, 5) is 16.8. The Morgan fingerprint density at radius 1 is 1.54 bits per heavy atom. The van der Waals surface area contributed by atoms with Crippen LogP contribution in [0.25, 0.3) is 0 Å². The largest absolute Gasteiger partial charge is 0.294 e. The number of Topliss-reactive ketones (excluding diaryl/α,β-unsaturated/α-hetero) is 1. The average molecular weight is 195 g/mol. The number of hydrogen-bond acceptors (Lipinski definition) is 3. The molecule has 0 radical (unpaired) electrons. The van der Waals surface area contributed by atoms with Gasteiger partial charge in [0.1, 0.15) is 5.01 Å². The maximum Gasteiger partial charge on any atom is 0.164 e. The number of thiazole rings is 1. The smallest absolute Gasteiger partial charge is 0.164 e. The zero-order valence-corrected chi connectivity index (χ0v) is 8.99. The first kappa shape index (κ1) is 10.1. The van der Waals surface area contributed by atoms with Crippen LogP contribution in [-0.2, 0) is 11.2 Å². The van der Waals surface area contributed by atoms with E-state index >= 15 is 0 Å². The predicted octanol–water partition coefficient (Wildman–Crippen LogP) is 2.45. The van der Waals surface area contributed by atoms with Crippen LogP contribution in [0.15, 0.2) is 12.2 Å². The van der Waals surface area contributed by atoms with Crippen LogP contribution in [0, 0.1) is 13.8 Å². The van der Waals surface area contributed by atoms with Crippen LogP contribution in [0.1, 0.15) is 22.5 Å². The molecule has 0 spiro atoms. The van der Waals surface area contributed by atoms with Crippen molar-refractivity contribution in [1.29, 1.82) is 0 Å². The Balaban J connectivity index is 2.75. The number of allylic oxidation sites excluding steroid dienone is 1. The number of carbonyl (C=O) groups is 1. The number of ketones is 1. The van der Waals surface area contributed by atoms with Gasteiger partial charge in [0.2, 0.25) is 0 Å². The number of aryl methyl sites for hydroxylation is 2. The maximum absolute atomic E-state index is 11.3. The molecule has 13 heavy (non-hydrogen) atoms. The second kappa shape index (κ2) is 3.83. The van der Waals surface area contributed by atoms with E-state index in [0.29, 0.717) is 12.0 Å². The molecule has 3 heteroatoms. The van der Waals surface area contributed by atoms with E-state index in [1.54, 1.807) is 18.3 Å². The quantitative estimate of drug-likeness (QED) is 0.693. The van der Waals surface area contributed by atoms with Crippen LogP contribution < -0.4 is 0 Å². The van der Waals surface area contributed by atoms with Crippen LogP contribution in [0.3, 0.4) is 0 Å². The van der Waals surface area contributed by atoms with E-state index in [-0.39, 0.29) is 5.78 Å². The molecule has 0 aliphatic heterocycles. The number of aromatic nitrogens is 1. The Kier molecular flexibility index (Phi) is 2.98. The van der Waals surface area contributed by atoms with Crippen molar-refractivity contribution in [2.24, 2.45) is 0 Å². The Hall–Kier alpha value is -0.960. The molecule has 0 unspecified atom stereocenters. The minimum atomic E-state index is 0.0775. The first-order chi connectivity index (χ1) is 6.00. The molecule has 0 saturated heterocycles. The summed E-state index contributed by atoms with van der Waals surface area (Å²) in [5.41, 5.74) is 1.63. The van der Waals surface area contributed by atoms with Gasteiger partial charge in [-0.05, 0) is 26.3 Å². The summed E-state index contributed by atoms with van der Waals surface area (Å²) in [5.74, 6) is 0.0775. The second-order valence-electron chi connectivity index (χ2n) is 3.13. The van der Waals surface area contributed by atoms with Gasteiger partial charge in [0.25, 0.3) is 0 Å². The Labute approximate surface area is 82.3 Å². The van der Waals surface area contributed by atoms with Crippen molar-refractivity contribution in [2.45, 2.75) is 27.2 Å². The van der Waals surface area contributed by atoms with E-state index < -0.39 is 0 Å². The fourth-order valence-electron chi connectivity index (χ4n) is 0.903. The molecule has 0 N–H and O–H groups in total. The van der Waals surface area contributed by atoms with E-state index in [2.05, 4.69) is 11.6 Å². The zero-order valence-electron chi connectivity index (χ0n) is 8.18. The van der Waals surface area contributed by atoms with Crippen molar-refractivity contribution in [3.05, 3.63) is 27.7 Å². The average Bonchev–Trinajstić information content (AvgIpc) is 2.31. The molecule has 0 amide bonds. The van der Waals surface area contributed by atoms with Crippen molar-refractivity contribution in [1.82, 2.24) is 4.98 Å². The van der Waals surface area contributed by atoms with Crippen LogP contribution in [0.4, 0.5) is 0 Å². The molecular weight excluding hydrogens is 182 g/mol. The van der Waals surface area contributed by atoms with Gasteiger partial charge >= 0.3 is 0 Å². The zero-order chi connectivity index (χ0) is 10.0. The summed E-state index contributed by atoms with van der Waals surface area (Å²) in [6.45, 7) is 9.31. The first-order valence-electron chi connectivity index (χ1n) is 4.12. The molecule has 0 bridgehead atoms. The lowest BCUT2D eigenvalue weighted by Gasteiger charge is -1.93. The highest BCUT2D eigenvalue weighted by Gasteiger charge is 2.09. The molecule has 1 aromatic rings. The summed E-state index contributed by atoms with van der Waals surface area (Å²) in [6, 6.07) is 0. The fourth-order valence-corrected chi connectivity index (χ4v) is 1.84. The summed E-state index contributed by atoms with van der Waals surface area (Å²) in [5, 5.41) is 0.892. The Morgan fingerprint density at radius 2 is 2.15 bits per heavy atom. The van der Waals surface area contributed by atoms with E-state index in [9.17, 15) is 4.79 Å². The van der Waals surface area contributed by atoms with Crippen LogP contribution in [-0.4, -0.2) is 10.8 Å². The number of hydrogen-bond donors (Lipinski definition) is 0. The second-order valence-corrected chi connectivity index (χ2v) is 4.42. The fraction of sp³-hybridized carbons (Fsp3) is 0.400. The molecule has 0 fully saturated rings. The van der Waals surface area contributed by atoms with Gasteiger partial charge in [0.15, 0.2) is 5.78 Å². The van der Waals surface area contributed by atoms with E-state index in [4.69, 9.17) is 0 Å². The molecule has 0 saturated carbocycles. The summed E-state index contributed by atoms with van der Waals surface area (Å²) >= 11 is 1.59. The third kappa shape index (κ3) is 2.49. The highest BCUT2D eigenvalue weighted by atomic mass is 32.1. The van der Waals surface area contributed by atoms with Crippen molar-refractivity contribution in [3.63, 3.8) is 0 Å². The lowest BCUT2D eigenvalue weighted by molar-refractivity contribution is -0.114. The van der Waals surface area contributed by atoms with Gasteiger partial charge in [0.05, 0.1) is 12.1 Å². The third-order valence-corrected chi connectivity index (χ3v) is 2.93. The minimum Gasteiger partial charge on any atom is -0.294 e. The standard InChI is InChI=1S/C10H13NOS/c1-6(2)9(12)5-10-11-7(3)8(4)13-10/h1,5H2,2-4H3. The molecule has 0 aromatic carbocycles. The van der Waals surface area contributed by atoms with Crippen LogP contribution >= 0.6 is 11.3 Å². The van der Waals surface area contributed by atoms with Crippen molar-refractivity contribution < 1.29 is 4.79 Å². The molecule has 1 rings (SSSR count). The van der Waals surface area contributed by atoms with Crippen LogP contribution in [0.2, 0.25) is 0 Å². The van der Waals surface area contributed by atoms with Gasteiger partial charge in [-0.2, -0.15) is 0 Å². The Bertz CT molecular complexity index is 332. The van der Waals surface area contributed by atoms with Gasteiger partial charge in [-0.1, -0.05) is 6.58 Å². The van der Waals surface area contributed by atoms with Gasteiger partial charge in [0, 0.05) is 4.88 Å². The lowest BCUT2D eigenvalue weighted by Crippen LogP contribution is -2.02. The van der Waals surface area contributed by atoms with Gasteiger partial charge in [-0.3, -0.25) is 4.79 Å². The van der Waals surface area contributed by atoms with Gasteiger partial charge in [-0.25, -0.2) is 4.98 Å². The van der Waals surface area contributed by atoms with E-state index in [0.717, 1.165) is 10.7 Å². The first-order valence-corrected chi connectivity index (χ1v) is 4.94. The lowest BCUT2D eigenvalue weighted by atomic mass is 10.2. The van der Waals surface area contributed by atoms with Gasteiger partial charge in [-0.15, -0.1) is 11.3 Å². The summed E-state index contributed by atoms with van der Waals surface area (Å²) in [6.07, 6.45) is 0.397. The number of nitrogens with zero attached hydrogens (tertiary/aromatic N) is 1. The topological polar surface area (TPSA) is 30.0 Å². The predicted molar refractivity (Wildman–Crippen MR) is 55.1 cm³/mol. The molecule has 70 valence electrons. The minimum absolute atomic E-state index is 0.0775. The molecule has 0 aliphatic rings. The monoisotopic (exact) mass is 195 g/mol. The van der Waals surface area contributed by atoms with Crippen molar-refractivity contribution in [2.75, 3.05) is 0 Å². The summed E-state index contributed by atoms with van der Waals surface area (Å²) < 4.78 is 0. The number of rotatable bonds is 3. The molecule has 0 atom stereocenters. The van der Waals surface area contributed by atoms with Crippen molar-refractivity contribution >= 4 is 17.1 Å². The highest BCUT2D eigenvalue weighted by molar-refractivity contribution is 7.11. The summed E-state index contributed by atoms with van der Waals surface area (Å²) in [7, 11) is 0. The van der Waals surface area contributed by atoms with E-state index in [1.807, 2.05) is 13.8 Å². The Morgan fingerprint density at radius 3 is 2.54 bits per heavy atom. The van der Waals surface area contributed by atoms with Gasteiger partial charge < -0.3 is 0 Å². The molecule has 0 aliphatic carbocycles. The molecule has 1 aromatic heterocycles. The normalized spacial score (nSPS) is 10.1. The molecular formula is C10H13NOS. The van der Waals surface area contributed by atoms with Crippen molar-refractivity contribution in [3.8, 4) is 0 Å². The third-order valence-electron chi connectivity index (χ3n) is 1.86. The molecule has 1 heterocycles.